The van der Waals surface area contributed by atoms with E-state index in [0.29, 0.717) is 5.88 Å². The van der Waals surface area contributed by atoms with Crippen LogP contribution < -0.4 is 10.5 Å². The van der Waals surface area contributed by atoms with Gasteiger partial charge in [0.05, 0.1) is 0 Å². The fourth-order valence-electron chi connectivity index (χ4n) is 1.50. The third-order valence-corrected chi connectivity index (χ3v) is 3.40. The molecule has 4 nitrogen and oxygen atoms in total. The first-order chi connectivity index (χ1) is 8.20. The second-order valence-electron chi connectivity index (χ2n) is 3.48. The van der Waals surface area contributed by atoms with Crippen molar-refractivity contribution in [2.75, 3.05) is 12.8 Å². The summed E-state index contributed by atoms with van der Waals surface area (Å²) >= 11 is 3.09. The SMILES string of the molecule is COc1cc(C([Se])c2ccccc2)nc(N)n1. The summed E-state index contributed by atoms with van der Waals surface area (Å²) < 4.78 is 5.08. The molecule has 0 saturated heterocycles. The molecule has 1 heterocycles. The first-order valence-electron chi connectivity index (χ1n) is 5.10. The number of hydrogen-bond acceptors (Lipinski definition) is 4. The number of methoxy groups -OCH3 is 1. The van der Waals surface area contributed by atoms with Crippen molar-refractivity contribution in [1.29, 1.82) is 0 Å². The van der Waals surface area contributed by atoms with E-state index < -0.39 is 0 Å². The predicted molar refractivity (Wildman–Crippen MR) is 67.0 cm³/mol. The Hall–Kier alpha value is -1.58. The average Bonchev–Trinajstić information content (AvgIpc) is 2.38. The van der Waals surface area contributed by atoms with E-state index >= 15 is 0 Å². The Balaban J connectivity index is 2.37. The molecule has 0 fully saturated rings. The summed E-state index contributed by atoms with van der Waals surface area (Å²) in [4.78, 5) is 8.21. The first-order valence-corrected chi connectivity index (χ1v) is 6.09. The van der Waals surface area contributed by atoms with Crippen LogP contribution in [0.15, 0.2) is 36.4 Å². The van der Waals surface area contributed by atoms with Gasteiger partial charge in [-0.25, -0.2) is 0 Å². The van der Waals surface area contributed by atoms with E-state index in [0.717, 1.165) is 11.3 Å². The zero-order valence-corrected chi connectivity index (χ0v) is 11.0. The van der Waals surface area contributed by atoms with E-state index in [1.807, 2.05) is 30.3 Å². The minimum atomic E-state index is 0.0374. The maximum atomic E-state index is 5.63. The number of hydrogen-bond donors (Lipinski definition) is 1. The van der Waals surface area contributed by atoms with Gasteiger partial charge in [-0.1, -0.05) is 0 Å². The van der Waals surface area contributed by atoms with Crippen molar-refractivity contribution in [3.8, 4) is 5.88 Å². The van der Waals surface area contributed by atoms with Gasteiger partial charge in [-0.2, -0.15) is 0 Å². The summed E-state index contributed by atoms with van der Waals surface area (Å²) in [5, 5.41) is 0. The van der Waals surface area contributed by atoms with Crippen molar-refractivity contribution in [3.63, 3.8) is 0 Å². The summed E-state index contributed by atoms with van der Waals surface area (Å²) in [6.07, 6.45) is 0. The van der Waals surface area contributed by atoms with Crippen molar-refractivity contribution in [1.82, 2.24) is 9.97 Å². The minimum absolute atomic E-state index is 0.0374. The van der Waals surface area contributed by atoms with Gasteiger partial charge in [0, 0.05) is 0 Å². The van der Waals surface area contributed by atoms with Crippen LogP contribution in [0, 0.1) is 0 Å². The molecule has 0 saturated carbocycles. The van der Waals surface area contributed by atoms with Crippen LogP contribution in [-0.4, -0.2) is 33.1 Å². The molecule has 0 aliphatic carbocycles. The van der Waals surface area contributed by atoms with Gasteiger partial charge in [-0.05, 0) is 0 Å². The first kappa shape index (κ1) is 11.9. The Morgan fingerprint density at radius 3 is 2.59 bits per heavy atom. The van der Waals surface area contributed by atoms with Gasteiger partial charge in [0.15, 0.2) is 0 Å². The van der Waals surface area contributed by atoms with E-state index in [4.69, 9.17) is 10.5 Å². The monoisotopic (exact) mass is 294 g/mol. The number of nitrogens with two attached hydrogens (primary N) is 1. The Morgan fingerprint density at radius 1 is 1.24 bits per heavy atom. The number of benzene rings is 1. The molecular weight excluding hydrogens is 281 g/mol. The van der Waals surface area contributed by atoms with Crippen molar-refractivity contribution in [2.45, 2.75) is 4.82 Å². The fourth-order valence-corrected chi connectivity index (χ4v) is 2.08. The normalized spacial score (nSPS) is 12.1. The number of rotatable bonds is 3. The maximum absolute atomic E-state index is 5.63. The Bertz CT molecular complexity index is 504. The number of ether oxygens (including phenoxy) is 1. The molecule has 0 amide bonds. The van der Waals surface area contributed by atoms with Gasteiger partial charge in [-0.15, -0.1) is 0 Å². The van der Waals surface area contributed by atoms with E-state index in [-0.39, 0.29) is 10.8 Å². The molecule has 0 spiro atoms. The van der Waals surface area contributed by atoms with Crippen LogP contribution in [0.5, 0.6) is 5.88 Å². The molecular formula is C12H12N3OSe. The molecule has 2 aromatic rings. The summed E-state index contributed by atoms with van der Waals surface area (Å²) in [6.45, 7) is 0. The molecule has 1 atom stereocenters. The predicted octanol–water partition coefficient (Wildman–Crippen LogP) is 1.33. The topological polar surface area (TPSA) is 61.0 Å². The Labute approximate surface area is 108 Å². The van der Waals surface area contributed by atoms with Crippen LogP contribution >= 0.6 is 0 Å². The molecule has 87 valence electrons. The number of aromatic nitrogens is 2. The molecule has 1 aromatic carbocycles. The van der Waals surface area contributed by atoms with E-state index in [9.17, 15) is 0 Å². The second kappa shape index (κ2) is 5.17. The van der Waals surface area contributed by atoms with Crippen molar-refractivity contribution in [3.05, 3.63) is 47.7 Å². The molecule has 2 N–H and O–H groups in total. The molecule has 0 bridgehead atoms. The standard InChI is InChI=1S/C12H12N3OSe/c1-16-10-7-9(14-12(13)15-10)11(17)8-5-3-2-4-6-8/h2-7,11H,1H3,(H2,13,14,15). The molecule has 1 radical (unpaired) electrons. The van der Waals surface area contributed by atoms with Crippen LogP contribution in [-0.2, 0) is 0 Å². The average molecular weight is 293 g/mol. The van der Waals surface area contributed by atoms with Gasteiger partial charge >= 0.3 is 108 Å². The summed E-state index contributed by atoms with van der Waals surface area (Å²) in [5.74, 6) is 0.694. The van der Waals surface area contributed by atoms with Crippen molar-refractivity contribution < 1.29 is 4.74 Å². The van der Waals surface area contributed by atoms with Crippen molar-refractivity contribution >= 4 is 22.0 Å². The van der Waals surface area contributed by atoms with Crippen LogP contribution in [0.25, 0.3) is 0 Å². The van der Waals surface area contributed by atoms with Gasteiger partial charge in [0.1, 0.15) is 0 Å². The number of nitrogens with zero attached hydrogens (tertiary/aromatic N) is 2. The molecule has 1 unspecified atom stereocenters. The van der Waals surface area contributed by atoms with Crippen LogP contribution in [0.1, 0.15) is 16.1 Å². The Morgan fingerprint density at radius 2 is 1.94 bits per heavy atom. The number of anilines is 1. The molecule has 17 heavy (non-hydrogen) atoms. The van der Waals surface area contributed by atoms with Gasteiger partial charge in [0.2, 0.25) is 0 Å². The second-order valence-corrected chi connectivity index (χ2v) is 4.47. The molecule has 2 rings (SSSR count). The zero-order chi connectivity index (χ0) is 12.3. The molecule has 0 aliphatic heterocycles. The number of nitrogen functional groups attached to an aromatic ring is 1. The quantitative estimate of drug-likeness (QED) is 0.867. The van der Waals surface area contributed by atoms with E-state index in [1.54, 1.807) is 13.2 Å². The molecule has 0 aliphatic rings. The Kier molecular flexibility index (Phi) is 3.61. The molecule has 5 heteroatoms. The van der Waals surface area contributed by atoms with Crippen LogP contribution in [0.2, 0.25) is 0 Å². The third kappa shape index (κ3) is 2.75. The zero-order valence-electron chi connectivity index (χ0n) is 9.33. The summed E-state index contributed by atoms with van der Waals surface area (Å²) in [7, 11) is 1.56. The molecule has 1 aromatic heterocycles. The summed E-state index contributed by atoms with van der Waals surface area (Å²) in [5.41, 5.74) is 7.57. The third-order valence-electron chi connectivity index (χ3n) is 2.32. The van der Waals surface area contributed by atoms with Gasteiger partial charge in [0.25, 0.3) is 0 Å². The summed E-state index contributed by atoms with van der Waals surface area (Å²) in [6, 6.07) is 11.8. The van der Waals surface area contributed by atoms with Crippen LogP contribution in [0.4, 0.5) is 5.95 Å². The van der Waals surface area contributed by atoms with E-state index in [2.05, 4.69) is 26.0 Å². The van der Waals surface area contributed by atoms with Crippen molar-refractivity contribution in [2.24, 2.45) is 0 Å². The van der Waals surface area contributed by atoms with E-state index in [1.165, 1.54) is 0 Å². The fraction of sp³-hybridized carbons (Fsp3) is 0.167. The van der Waals surface area contributed by atoms with Gasteiger partial charge < -0.3 is 0 Å². The van der Waals surface area contributed by atoms with Gasteiger partial charge in [-0.3, -0.25) is 0 Å². The van der Waals surface area contributed by atoms with Crippen LogP contribution in [0.3, 0.4) is 0 Å².